The van der Waals surface area contributed by atoms with Crippen LogP contribution in [-0.2, 0) is 19.4 Å². The fraction of sp³-hybridized carbons (Fsp3) is 0.391. The number of aryl methyl sites for hydroxylation is 1. The standard InChI is InChI=1S/C23H28N2O6S/c1-5-30-23(27)24-19-14-18(20-11-12-22(26)25(20)4)21(13-15(19)3)31-16-7-9-17(10-8-16)32(28,29)6-2/h7-10,13-14,20H,5-6,11-12H2,1-4H3,(H,24,27). The average Bonchev–Trinajstić information content (AvgIpc) is 3.09. The molecule has 1 saturated heterocycles. The van der Waals surface area contributed by atoms with Crippen LogP contribution in [0, 0.1) is 6.92 Å². The third-order valence-corrected chi connectivity index (χ3v) is 7.26. The van der Waals surface area contributed by atoms with Crippen molar-refractivity contribution >= 4 is 27.5 Å². The normalized spacial score (nSPS) is 16.2. The molecule has 1 atom stereocenters. The Morgan fingerprint density at radius 2 is 1.88 bits per heavy atom. The van der Waals surface area contributed by atoms with Gasteiger partial charge >= 0.3 is 6.09 Å². The summed E-state index contributed by atoms with van der Waals surface area (Å²) >= 11 is 0. The maximum atomic E-state index is 12.1. The molecule has 1 aliphatic rings. The van der Waals surface area contributed by atoms with Crippen LogP contribution < -0.4 is 10.1 Å². The summed E-state index contributed by atoms with van der Waals surface area (Å²) in [4.78, 5) is 26.0. The van der Waals surface area contributed by atoms with Crippen LogP contribution in [0.15, 0.2) is 41.3 Å². The molecule has 0 aromatic heterocycles. The lowest BCUT2D eigenvalue weighted by Gasteiger charge is -2.24. The number of likely N-dealkylation sites (tertiary alicyclic amines) is 1. The number of hydrogen-bond donors (Lipinski definition) is 1. The zero-order chi connectivity index (χ0) is 23.5. The van der Waals surface area contributed by atoms with Crippen molar-refractivity contribution in [3.8, 4) is 11.5 Å². The number of hydrogen-bond acceptors (Lipinski definition) is 6. The van der Waals surface area contributed by atoms with Crippen LogP contribution in [-0.4, -0.2) is 44.7 Å². The minimum atomic E-state index is -3.30. The molecular weight excluding hydrogens is 432 g/mol. The molecule has 0 radical (unpaired) electrons. The second kappa shape index (κ2) is 9.60. The molecule has 8 nitrogen and oxygen atoms in total. The van der Waals surface area contributed by atoms with Gasteiger partial charge in [-0.3, -0.25) is 10.1 Å². The van der Waals surface area contributed by atoms with E-state index in [0.717, 1.165) is 11.1 Å². The van der Waals surface area contributed by atoms with Gasteiger partial charge in [0, 0.05) is 24.7 Å². The molecule has 1 N–H and O–H groups in total. The van der Waals surface area contributed by atoms with E-state index in [9.17, 15) is 18.0 Å². The fourth-order valence-electron chi connectivity index (χ4n) is 3.64. The summed E-state index contributed by atoms with van der Waals surface area (Å²) in [5.41, 5.74) is 2.08. The lowest BCUT2D eigenvalue weighted by Crippen LogP contribution is -2.23. The number of benzene rings is 2. The smallest absolute Gasteiger partial charge is 0.411 e. The number of nitrogens with one attached hydrogen (secondary N) is 1. The van der Waals surface area contributed by atoms with Crippen LogP contribution >= 0.6 is 0 Å². The number of ether oxygens (including phenoxy) is 2. The second-order valence-corrected chi connectivity index (χ2v) is 9.86. The summed E-state index contributed by atoms with van der Waals surface area (Å²) in [6.45, 7) is 5.41. The van der Waals surface area contributed by atoms with Crippen molar-refractivity contribution in [1.29, 1.82) is 0 Å². The van der Waals surface area contributed by atoms with E-state index in [1.165, 1.54) is 12.1 Å². The summed E-state index contributed by atoms with van der Waals surface area (Å²) in [6, 6.07) is 9.64. The quantitative estimate of drug-likeness (QED) is 0.655. The van der Waals surface area contributed by atoms with Crippen LogP contribution in [0.2, 0.25) is 0 Å². The van der Waals surface area contributed by atoms with Crippen LogP contribution in [0.4, 0.5) is 10.5 Å². The Hall–Kier alpha value is -3.07. The van der Waals surface area contributed by atoms with Crippen molar-refractivity contribution in [2.75, 3.05) is 24.7 Å². The zero-order valence-electron chi connectivity index (χ0n) is 18.7. The van der Waals surface area contributed by atoms with E-state index in [1.54, 1.807) is 50.1 Å². The van der Waals surface area contributed by atoms with Gasteiger partial charge in [0.1, 0.15) is 11.5 Å². The molecule has 3 rings (SSSR count). The topological polar surface area (TPSA) is 102 Å². The monoisotopic (exact) mass is 460 g/mol. The van der Waals surface area contributed by atoms with Gasteiger partial charge in [-0.1, -0.05) is 6.92 Å². The number of amides is 2. The number of nitrogens with zero attached hydrogens (tertiary/aromatic N) is 1. The minimum Gasteiger partial charge on any atom is -0.457 e. The SMILES string of the molecule is CCOC(=O)Nc1cc(C2CCC(=O)N2C)c(Oc2ccc(S(=O)(=O)CC)cc2)cc1C. The molecule has 1 unspecified atom stereocenters. The van der Waals surface area contributed by atoms with E-state index in [0.29, 0.717) is 30.0 Å². The van der Waals surface area contributed by atoms with Gasteiger partial charge in [-0.05, 0) is 62.2 Å². The Bertz CT molecular complexity index is 1110. The molecule has 0 saturated carbocycles. The summed E-state index contributed by atoms with van der Waals surface area (Å²) in [5, 5.41) is 2.74. The highest BCUT2D eigenvalue weighted by atomic mass is 32.2. The van der Waals surface area contributed by atoms with E-state index in [1.807, 2.05) is 6.92 Å². The highest BCUT2D eigenvalue weighted by Crippen LogP contribution is 2.41. The van der Waals surface area contributed by atoms with Crippen molar-refractivity contribution < 1.29 is 27.5 Å². The lowest BCUT2D eigenvalue weighted by molar-refractivity contribution is -0.127. The Morgan fingerprint density at radius 1 is 1.19 bits per heavy atom. The van der Waals surface area contributed by atoms with Crippen molar-refractivity contribution in [3.05, 3.63) is 47.5 Å². The van der Waals surface area contributed by atoms with Gasteiger partial charge in [0.15, 0.2) is 9.84 Å². The molecule has 1 heterocycles. The van der Waals surface area contributed by atoms with Crippen molar-refractivity contribution in [2.45, 2.75) is 44.6 Å². The van der Waals surface area contributed by atoms with Crippen LogP contribution in [0.25, 0.3) is 0 Å². The van der Waals surface area contributed by atoms with Crippen molar-refractivity contribution in [1.82, 2.24) is 4.90 Å². The van der Waals surface area contributed by atoms with Crippen molar-refractivity contribution in [2.24, 2.45) is 0 Å². The number of sulfone groups is 1. The molecule has 0 aliphatic carbocycles. The average molecular weight is 461 g/mol. The summed E-state index contributed by atoms with van der Waals surface area (Å²) < 4.78 is 35.2. The van der Waals surface area contributed by atoms with Gasteiger partial charge in [0.05, 0.1) is 23.3 Å². The highest BCUT2D eigenvalue weighted by Gasteiger charge is 2.32. The molecular formula is C23H28N2O6S. The van der Waals surface area contributed by atoms with Gasteiger partial charge in [0.25, 0.3) is 0 Å². The molecule has 1 aliphatic heterocycles. The Balaban J connectivity index is 1.97. The second-order valence-electron chi connectivity index (χ2n) is 7.59. The first-order valence-corrected chi connectivity index (χ1v) is 12.2. The molecule has 9 heteroatoms. The van der Waals surface area contributed by atoms with E-state index < -0.39 is 15.9 Å². The molecule has 2 aromatic rings. The maximum absolute atomic E-state index is 12.1. The molecule has 172 valence electrons. The van der Waals surface area contributed by atoms with E-state index >= 15 is 0 Å². The number of anilines is 1. The lowest BCUT2D eigenvalue weighted by atomic mass is 10.00. The van der Waals surface area contributed by atoms with Gasteiger partial charge in [-0.15, -0.1) is 0 Å². The highest BCUT2D eigenvalue weighted by molar-refractivity contribution is 7.91. The minimum absolute atomic E-state index is 0.0213. The molecule has 0 spiro atoms. The molecule has 2 amide bonds. The predicted molar refractivity (Wildman–Crippen MR) is 121 cm³/mol. The Kier molecular flexibility index (Phi) is 7.08. The summed E-state index contributed by atoms with van der Waals surface area (Å²) in [6.07, 6.45) is 0.499. The van der Waals surface area contributed by atoms with Gasteiger partial charge < -0.3 is 14.4 Å². The predicted octanol–water partition coefficient (Wildman–Crippen LogP) is 4.44. The first kappa shape index (κ1) is 23.6. The van der Waals surface area contributed by atoms with E-state index in [2.05, 4.69) is 5.32 Å². The molecule has 2 aromatic carbocycles. The first-order valence-electron chi connectivity index (χ1n) is 10.5. The summed E-state index contributed by atoms with van der Waals surface area (Å²) in [5.74, 6) is 1.07. The zero-order valence-corrected chi connectivity index (χ0v) is 19.5. The van der Waals surface area contributed by atoms with E-state index in [-0.39, 0.29) is 29.2 Å². The van der Waals surface area contributed by atoms with Crippen LogP contribution in [0.1, 0.15) is 43.9 Å². The van der Waals surface area contributed by atoms with E-state index in [4.69, 9.17) is 9.47 Å². The molecule has 32 heavy (non-hydrogen) atoms. The van der Waals surface area contributed by atoms with Gasteiger partial charge in [0.2, 0.25) is 5.91 Å². The fourth-order valence-corrected chi connectivity index (χ4v) is 4.52. The number of carbonyl (C=O) groups is 2. The largest absolute Gasteiger partial charge is 0.457 e. The molecule has 1 fully saturated rings. The first-order chi connectivity index (χ1) is 15.2. The van der Waals surface area contributed by atoms with Crippen molar-refractivity contribution in [3.63, 3.8) is 0 Å². The van der Waals surface area contributed by atoms with Gasteiger partial charge in [-0.2, -0.15) is 0 Å². The van der Waals surface area contributed by atoms with Crippen LogP contribution in [0.3, 0.4) is 0 Å². The summed E-state index contributed by atoms with van der Waals surface area (Å²) in [7, 11) is -1.56. The Morgan fingerprint density at radius 3 is 2.44 bits per heavy atom. The third kappa shape index (κ3) is 5.04. The number of carbonyl (C=O) groups excluding carboxylic acids is 2. The number of rotatable bonds is 7. The van der Waals surface area contributed by atoms with Gasteiger partial charge in [-0.25, -0.2) is 13.2 Å². The Labute approximate surface area is 188 Å². The maximum Gasteiger partial charge on any atom is 0.411 e. The van der Waals surface area contributed by atoms with Crippen LogP contribution in [0.5, 0.6) is 11.5 Å². The molecule has 0 bridgehead atoms. The third-order valence-electron chi connectivity index (χ3n) is 5.51.